The minimum Gasteiger partial charge on any atom is -0.493 e. The van der Waals surface area contributed by atoms with E-state index < -0.39 is 5.60 Å². The molecule has 0 bridgehead atoms. The Hall–Kier alpha value is -1.11. The van der Waals surface area contributed by atoms with E-state index in [4.69, 9.17) is 4.74 Å². The van der Waals surface area contributed by atoms with Crippen molar-refractivity contribution in [3.05, 3.63) is 11.9 Å². The van der Waals surface area contributed by atoms with Gasteiger partial charge in [-0.05, 0) is 33.9 Å². The Morgan fingerprint density at radius 2 is 2.25 bits per heavy atom. The van der Waals surface area contributed by atoms with E-state index in [1.807, 2.05) is 25.7 Å². The van der Waals surface area contributed by atoms with Crippen LogP contribution in [0.4, 0.5) is 0 Å². The predicted molar refractivity (Wildman–Crippen MR) is 77.9 cm³/mol. The smallest absolute Gasteiger partial charge is 0.162 e. The summed E-state index contributed by atoms with van der Waals surface area (Å²) in [6.45, 7) is 3.92. The molecule has 0 spiro atoms. The Kier molecular flexibility index (Phi) is 4.67. The molecule has 1 aromatic heterocycles. The van der Waals surface area contributed by atoms with Crippen molar-refractivity contribution >= 4 is 0 Å². The van der Waals surface area contributed by atoms with Crippen LogP contribution < -0.4 is 10.1 Å². The highest BCUT2D eigenvalue weighted by Crippen LogP contribution is 2.30. The molecule has 0 aromatic carbocycles. The van der Waals surface area contributed by atoms with Crippen molar-refractivity contribution in [3.63, 3.8) is 0 Å². The van der Waals surface area contributed by atoms with Crippen molar-refractivity contribution in [3.8, 4) is 5.75 Å². The van der Waals surface area contributed by atoms with Crippen LogP contribution in [0.3, 0.4) is 0 Å². The summed E-state index contributed by atoms with van der Waals surface area (Å²) < 4.78 is 7.20. The van der Waals surface area contributed by atoms with Gasteiger partial charge in [-0.25, -0.2) is 0 Å². The molecule has 1 aliphatic carbocycles. The molecule has 20 heavy (non-hydrogen) atoms. The largest absolute Gasteiger partial charge is 0.493 e. The average molecular weight is 282 g/mol. The molecule has 1 saturated carbocycles. The Morgan fingerprint density at radius 1 is 1.55 bits per heavy atom. The van der Waals surface area contributed by atoms with Crippen LogP contribution in [0.1, 0.15) is 25.5 Å². The van der Waals surface area contributed by atoms with Gasteiger partial charge in [0.05, 0.1) is 19.9 Å². The lowest BCUT2D eigenvalue weighted by Gasteiger charge is -2.26. The Balaban J connectivity index is 2.14. The van der Waals surface area contributed by atoms with Crippen molar-refractivity contribution < 1.29 is 9.84 Å². The summed E-state index contributed by atoms with van der Waals surface area (Å²) in [5.74, 6) is 0.645. The second-order valence-electron chi connectivity index (χ2n) is 6.02. The number of rotatable bonds is 8. The highest BCUT2D eigenvalue weighted by Gasteiger charge is 2.33. The molecule has 0 saturated heterocycles. The van der Waals surface area contributed by atoms with Crippen LogP contribution in [0, 0.1) is 0 Å². The summed E-state index contributed by atoms with van der Waals surface area (Å²) in [7, 11) is 5.65. The van der Waals surface area contributed by atoms with Crippen LogP contribution in [0.5, 0.6) is 5.75 Å². The van der Waals surface area contributed by atoms with Crippen LogP contribution in [0.25, 0.3) is 0 Å². The third-order valence-corrected chi connectivity index (χ3v) is 3.61. The van der Waals surface area contributed by atoms with Crippen LogP contribution >= 0.6 is 0 Å². The number of methoxy groups -OCH3 is 1. The molecule has 6 heteroatoms. The van der Waals surface area contributed by atoms with Crippen molar-refractivity contribution in [2.24, 2.45) is 0 Å². The quantitative estimate of drug-likeness (QED) is 0.723. The maximum Gasteiger partial charge on any atom is 0.162 e. The highest BCUT2D eigenvalue weighted by molar-refractivity contribution is 5.30. The van der Waals surface area contributed by atoms with Crippen molar-refractivity contribution in [1.82, 2.24) is 20.0 Å². The second-order valence-corrected chi connectivity index (χ2v) is 6.02. The number of ether oxygens (including phenoxy) is 1. The molecule has 2 rings (SSSR count). The second kappa shape index (κ2) is 6.11. The molecule has 0 amide bonds. The van der Waals surface area contributed by atoms with E-state index in [1.165, 1.54) is 12.8 Å². The Labute approximate surface area is 120 Å². The first-order valence-electron chi connectivity index (χ1n) is 7.15. The van der Waals surface area contributed by atoms with Gasteiger partial charge in [0.15, 0.2) is 5.75 Å². The van der Waals surface area contributed by atoms with Gasteiger partial charge in [-0.1, -0.05) is 0 Å². The zero-order chi connectivity index (χ0) is 14.8. The first kappa shape index (κ1) is 15.3. The topological polar surface area (TPSA) is 62.5 Å². The first-order valence-corrected chi connectivity index (χ1v) is 7.15. The number of aromatic nitrogens is 2. The Morgan fingerprint density at radius 3 is 2.80 bits per heavy atom. The molecule has 1 atom stereocenters. The molecule has 2 N–H and O–H groups in total. The molecular formula is C14H26N4O2. The van der Waals surface area contributed by atoms with Crippen LogP contribution in [0.2, 0.25) is 0 Å². The van der Waals surface area contributed by atoms with Gasteiger partial charge in [0.25, 0.3) is 0 Å². The molecule has 1 aliphatic rings. The third-order valence-electron chi connectivity index (χ3n) is 3.61. The number of nitrogens with one attached hydrogen (secondary N) is 1. The third kappa shape index (κ3) is 3.71. The maximum atomic E-state index is 10.8. The van der Waals surface area contributed by atoms with E-state index in [0.29, 0.717) is 18.3 Å². The summed E-state index contributed by atoms with van der Waals surface area (Å²) in [6, 6.07) is 0.561. The minimum atomic E-state index is -0.989. The molecule has 6 nitrogen and oxygen atoms in total. The number of hydrogen-bond donors (Lipinski definition) is 2. The number of nitrogens with zero attached hydrogens (tertiary/aromatic N) is 3. The van der Waals surface area contributed by atoms with Crippen molar-refractivity contribution in [1.29, 1.82) is 0 Å². The van der Waals surface area contributed by atoms with Gasteiger partial charge in [-0.2, -0.15) is 5.10 Å². The lowest BCUT2D eigenvalue weighted by Crippen LogP contribution is -2.39. The highest BCUT2D eigenvalue weighted by atomic mass is 16.5. The lowest BCUT2D eigenvalue weighted by molar-refractivity contribution is 0.0440. The van der Waals surface area contributed by atoms with Gasteiger partial charge in [0.1, 0.15) is 11.3 Å². The van der Waals surface area contributed by atoms with Gasteiger partial charge in [-0.3, -0.25) is 4.68 Å². The lowest BCUT2D eigenvalue weighted by atomic mass is 10.0. The van der Waals surface area contributed by atoms with E-state index in [1.54, 1.807) is 13.3 Å². The molecule has 114 valence electrons. The van der Waals surface area contributed by atoms with Gasteiger partial charge < -0.3 is 20.1 Å². The van der Waals surface area contributed by atoms with E-state index in [0.717, 1.165) is 18.8 Å². The van der Waals surface area contributed by atoms with Gasteiger partial charge in [0.2, 0.25) is 0 Å². The summed E-state index contributed by atoms with van der Waals surface area (Å²) in [4.78, 5) is 2.09. The SMILES string of the molecule is COc1cnn(CCN(C)C)c1C(C)(O)CNC1CC1. The standard InChI is InChI=1S/C14H26N4O2/c1-14(19,10-15-11-5-6-11)13-12(20-4)9-16-18(13)8-7-17(2)3/h9,11,15,19H,5-8,10H2,1-4H3. The molecule has 1 heterocycles. The molecule has 0 radical (unpaired) electrons. The summed E-state index contributed by atoms with van der Waals surface area (Å²) in [5, 5.41) is 18.5. The summed E-state index contributed by atoms with van der Waals surface area (Å²) >= 11 is 0. The van der Waals surface area contributed by atoms with Gasteiger partial charge in [-0.15, -0.1) is 0 Å². The van der Waals surface area contributed by atoms with E-state index in [9.17, 15) is 5.11 Å². The molecule has 1 fully saturated rings. The van der Waals surface area contributed by atoms with Gasteiger partial charge >= 0.3 is 0 Å². The molecular weight excluding hydrogens is 256 g/mol. The Bertz CT molecular complexity index is 438. The van der Waals surface area contributed by atoms with Crippen LogP contribution in [0.15, 0.2) is 6.20 Å². The fourth-order valence-electron chi connectivity index (χ4n) is 2.24. The fourth-order valence-corrected chi connectivity index (χ4v) is 2.24. The average Bonchev–Trinajstić information content (AvgIpc) is 3.12. The summed E-state index contributed by atoms with van der Waals surface area (Å²) in [5.41, 5.74) is -0.244. The molecule has 0 aliphatic heterocycles. The number of aliphatic hydroxyl groups is 1. The zero-order valence-corrected chi connectivity index (χ0v) is 12.9. The van der Waals surface area contributed by atoms with Crippen molar-refractivity contribution in [2.45, 2.75) is 38.0 Å². The van der Waals surface area contributed by atoms with E-state index in [2.05, 4.69) is 15.3 Å². The molecule has 1 aromatic rings. The van der Waals surface area contributed by atoms with E-state index in [-0.39, 0.29) is 0 Å². The summed E-state index contributed by atoms with van der Waals surface area (Å²) in [6.07, 6.45) is 4.08. The van der Waals surface area contributed by atoms with E-state index >= 15 is 0 Å². The van der Waals surface area contributed by atoms with Gasteiger partial charge in [0, 0.05) is 19.1 Å². The van der Waals surface area contributed by atoms with Crippen LogP contribution in [-0.2, 0) is 12.1 Å². The minimum absolute atomic E-state index is 0.516. The fraction of sp³-hybridized carbons (Fsp3) is 0.786. The zero-order valence-electron chi connectivity index (χ0n) is 12.9. The number of hydrogen-bond acceptors (Lipinski definition) is 5. The normalized spacial score (nSPS) is 18.3. The van der Waals surface area contributed by atoms with Crippen molar-refractivity contribution in [2.75, 3.05) is 34.3 Å². The van der Waals surface area contributed by atoms with Crippen LogP contribution in [-0.4, -0.2) is 60.1 Å². The number of likely N-dealkylation sites (N-methyl/N-ethyl adjacent to an activating group) is 1. The predicted octanol–water partition coefficient (Wildman–Crippen LogP) is 0.413. The monoisotopic (exact) mass is 282 g/mol. The maximum absolute atomic E-state index is 10.8. The first-order chi connectivity index (χ1) is 9.44. The molecule has 1 unspecified atom stereocenters.